The number of aryl methyl sites for hydroxylation is 2. The zero-order chi connectivity index (χ0) is 11.5. The van der Waals surface area contributed by atoms with E-state index >= 15 is 0 Å². The molecule has 2 rings (SSSR count). The number of hydrogen-bond donors (Lipinski definition) is 0. The highest BCUT2D eigenvalue weighted by Gasteiger charge is 2.06. The number of nitrogens with zero attached hydrogens (tertiary/aromatic N) is 4. The lowest BCUT2D eigenvalue weighted by Gasteiger charge is -2.02. The van der Waals surface area contributed by atoms with Crippen LogP contribution in [-0.2, 0) is 0 Å². The molecule has 0 aromatic carbocycles. The lowest BCUT2D eigenvalue weighted by atomic mass is 10.4. The van der Waals surface area contributed by atoms with Crippen LogP contribution >= 0.6 is 23.4 Å². The molecule has 0 aliphatic rings. The van der Waals surface area contributed by atoms with E-state index in [9.17, 15) is 0 Å². The van der Waals surface area contributed by atoms with Gasteiger partial charge in [0, 0.05) is 24.2 Å². The first-order valence-electron chi connectivity index (χ1n) is 4.61. The SMILES string of the molecule is Cc1cnc(Sc2nc(Cl)ncc2C)nc1. The molecule has 0 bridgehead atoms. The first-order valence-corrected chi connectivity index (χ1v) is 5.80. The van der Waals surface area contributed by atoms with E-state index in [2.05, 4.69) is 19.9 Å². The summed E-state index contributed by atoms with van der Waals surface area (Å²) in [5.74, 6) is 0. The van der Waals surface area contributed by atoms with E-state index in [-0.39, 0.29) is 5.28 Å². The van der Waals surface area contributed by atoms with Crippen LogP contribution in [0.15, 0.2) is 28.8 Å². The molecule has 0 amide bonds. The lowest BCUT2D eigenvalue weighted by Crippen LogP contribution is -1.92. The van der Waals surface area contributed by atoms with Crippen LogP contribution in [0.1, 0.15) is 11.1 Å². The highest BCUT2D eigenvalue weighted by atomic mass is 35.5. The second kappa shape index (κ2) is 4.76. The number of hydrogen-bond acceptors (Lipinski definition) is 5. The molecule has 0 atom stereocenters. The highest BCUT2D eigenvalue weighted by molar-refractivity contribution is 7.99. The Hall–Kier alpha value is -1.20. The normalized spacial score (nSPS) is 10.4. The molecular formula is C10H9ClN4S. The highest BCUT2D eigenvalue weighted by Crippen LogP contribution is 2.25. The van der Waals surface area contributed by atoms with Gasteiger partial charge in [-0.2, -0.15) is 0 Å². The van der Waals surface area contributed by atoms with Gasteiger partial charge in [0.15, 0.2) is 5.16 Å². The summed E-state index contributed by atoms with van der Waals surface area (Å²) < 4.78 is 0. The zero-order valence-corrected chi connectivity index (χ0v) is 10.4. The summed E-state index contributed by atoms with van der Waals surface area (Å²) in [7, 11) is 0. The van der Waals surface area contributed by atoms with E-state index in [1.54, 1.807) is 18.6 Å². The van der Waals surface area contributed by atoms with Crippen molar-refractivity contribution >= 4 is 23.4 Å². The molecule has 0 aliphatic heterocycles. The Labute approximate surface area is 103 Å². The average Bonchev–Trinajstić information content (AvgIpc) is 2.27. The molecule has 6 heteroatoms. The van der Waals surface area contributed by atoms with Crippen LogP contribution in [0.2, 0.25) is 5.28 Å². The third-order valence-electron chi connectivity index (χ3n) is 1.84. The summed E-state index contributed by atoms with van der Waals surface area (Å²) in [6, 6.07) is 0. The fraction of sp³-hybridized carbons (Fsp3) is 0.200. The van der Waals surface area contributed by atoms with Crippen molar-refractivity contribution < 1.29 is 0 Å². The van der Waals surface area contributed by atoms with Gasteiger partial charge in [0.1, 0.15) is 5.03 Å². The van der Waals surface area contributed by atoms with E-state index in [4.69, 9.17) is 11.6 Å². The molecule has 0 radical (unpaired) electrons. The molecule has 4 nitrogen and oxygen atoms in total. The Morgan fingerprint density at radius 3 is 2.44 bits per heavy atom. The van der Waals surface area contributed by atoms with Crippen molar-refractivity contribution in [3.8, 4) is 0 Å². The second-order valence-corrected chi connectivity index (χ2v) is 4.57. The van der Waals surface area contributed by atoms with Crippen molar-refractivity contribution in [2.75, 3.05) is 0 Å². The topological polar surface area (TPSA) is 51.6 Å². The van der Waals surface area contributed by atoms with Crippen molar-refractivity contribution in [1.29, 1.82) is 0 Å². The maximum Gasteiger partial charge on any atom is 0.223 e. The standard InChI is InChI=1S/C10H9ClN4S/c1-6-3-13-10(14-4-6)16-8-7(2)5-12-9(11)15-8/h3-5H,1-2H3. The monoisotopic (exact) mass is 252 g/mol. The maximum absolute atomic E-state index is 5.73. The second-order valence-electron chi connectivity index (χ2n) is 3.27. The van der Waals surface area contributed by atoms with Crippen molar-refractivity contribution in [1.82, 2.24) is 19.9 Å². The largest absolute Gasteiger partial charge is 0.231 e. The van der Waals surface area contributed by atoms with E-state index in [0.717, 1.165) is 16.2 Å². The van der Waals surface area contributed by atoms with Gasteiger partial charge in [-0.15, -0.1) is 0 Å². The molecule has 0 saturated carbocycles. The maximum atomic E-state index is 5.73. The van der Waals surface area contributed by atoms with Gasteiger partial charge in [0.05, 0.1) is 0 Å². The molecule has 82 valence electrons. The molecule has 2 aromatic heterocycles. The fourth-order valence-corrected chi connectivity index (χ4v) is 1.94. The van der Waals surface area contributed by atoms with E-state index in [0.29, 0.717) is 5.16 Å². The minimum atomic E-state index is 0.236. The summed E-state index contributed by atoms with van der Waals surface area (Å²) in [5.41, 5.74) is 1.99. The van der Waals surface area contributed by atoms with Gasteiger partial charge in [0.2, 0.25) is 5.28 Å². The van der Waals surface area contributed by atoms with Crippen LogP contribution in [-0.4, -0.2) is 19.9 Å². The van der Waals surface area contributed by atoms with Crippen molar-refractivity contribution in [3.05, 3.63) is 35.0 Å². The van der Waals surface area contributed by atoms with Gasteiger partial charge in [-0.05, 0) is 42.8 Å². The Morgan fingerprint density at radius 2 is 1.75 bits per heavy atom. The van der Waals surface area contributed by atoms with Gasteiger partial charge < -0.3 is 0 Å². The van der Waals surface area contributed by atoms with E-state index in [1.165, 1.54) is 11.8 Å². The number of rotatable bonds is 2. The van der Waals surface area contributed by atoms with Crippen molar-refractivity contribution in [2.45, 2.75) is 24.0 Å². The van der Waals surface area contributed by atoms with E-state index in [1.807, 2.05) is 13.8 Å². The van der Waals surface area contributed by atoms with Crippen LogP contribution in [0, 0.1) is 13.8 Å². The molecule has 0 saturated heterocycles. The Morgan fingerprint density at radius 1 is 1.06 bits per heavy atom. The van der Waals surface area contributed by atoms with Gasteiger partial charge >= 0.3 is 0 Å². The predicted molar refractivity (Wildman–Crippen MR) is 62.7 cm³/mol. The van der Waals surface area contributed by atoms with Crippen LogP contribution in [0.25, 0.3) is 0 Å². The van der Waals surface area contributed by atoms with Crippen LogP contribution in [0.4, 0.5) is 0 Å². The molecule has 16 heavy (non-hydrogen) atoms. The van der Waals surface area contributed by atoms with Gasteiger partial charge in [-0.25, -0.2) is 19.9 Å². The number of aromatic nitrogens is 4. The Balaban J connectivity index is 2.26. The molecule has 0 aliphatic carbocycles. The first kappa shape index (κ1) is 11.3. The Kier molecular flexibility index (Phi) is 3.36. The first-order chi connectivity index (χ1) is 7.65. The molecule has 2 aromatic rings. The zero-order valence-electron chi connectivity index (χ0n) is 8.81. The molecule has 0 spiro atoms. The fourth-order valence-electron chi connectivity index (χ4n) is 1.03. The molecule has 0 fully saturated rings. The van der Waals surface area contributed by atoms with Crippen molar-refractivity contribution in [2.24, 2.45) is 0 Å². The summed E-state index contributed by atoms with van der Waals surface area (Å²) in [5, 5.41) is 1.67. The van der Waals surface area contributed by atoms with Crippen LogP contribution < -0.4 is 0 Å². The van der Waals surface area contributed by atoms with Crippen molar-refractivity contribution in [3.63, 3.8) is 0 Å². The average molecular weight is 253 g/mol. The van der Waals surface area contributed by atoms with Crippen LogP contribution in [0.3, 0.4) is 0 Å². The number of halogens is 1. The van der Waals surface area contributed by atoms with Gasteiger partial charge in [0.25, 0.3) is 0 Å². The van der Waals surface area contributed by atoms with E-state index < -0.39 is 0 Å². The van der Waals surface area contributed by atoms with Gasteiger partial charge in [-0.3, -0.25) is 0 Å². The van der Waals surface area contributed by atoms with Gasteiger partial charge in [-0.1, -0.05) is 0 Å². The third kappa shape index (κ3) is 2.68. The Bertz CT molecular complexity index is 501. The summed E-state index contributed by atoms with van der Waals surface area (Å²) in [6.45, 7) is 3.87. The predicted octanol–water partition coefficient (Wildman–Crippen LogP) is 2.69. The molecule has 0 unspecified atom stereocenters. The smallest absolute Gasteiger partial charge is 0.223 e. The molecular weight excluding hydrogens is 244 g/mol. The summed E-state index contributed by atoms with van der Waals surface area (Å²) in [6.07, 6.45) is 5.23. The van der Waals surface area contributed by atoms with Crippen LogP contribution in [0.5, 0.6) is 0 Å². The molecule has 2 heterocycles. The quantitative estimate of drug-likeness (QED) is 0.608. The minimum Gasteiger partial charge on any atom is -0.231 e. The third-order valence-corrected chi connectivity index (χ3v) is 3.02. The lowest BCUT2D eigenvalue weighted by molar-refractivity contribution is 0.934. The minimum absolute atomic E-state index is 0.236. The summed E-state index contributed by atoms with van der Waals surface area (Å²) in [4.78, 5) is 16.4. The molecule has 0 N–H and O–H groups in total. The summed E-state index contributed by atoms with van der Waals surface area (Å²) >= 11 is 7.11.